The molecule has 0 fully saturated rings. The van der Waals surface area contributed by atoms with E-state index < -0.39 is 17.3 Å². The van der Waals surface area contributed by atoms with E-state index in [1.165, 1.54) is 30.3 Å². The maximum Gasteiger partial charge on any atom is 0.252 e. The van der Waals surface area contributed by atoms with Gasteiger partial charge in [0.25, 0.3) is 5.91 Å². The summed E-state index contributed by atoms with van der Waals surface area (Å²) >= 11 is 0. The summed E-state index contributed by atoms with van der Waals surface area (Å²) in [6.07, 6.45) is 2.34. The van der Waals surface area contributed by atoms with E-state index in [-0.39, 0.29) is 35.7 Å². The first-order valence-electron chi connectivity index (χ1n) is 10.8. The number of rotatable bonds is 8. The molecule has 174 valence electrons. The Morgan fingerprint density at radius 3 is 2.59 bits per heavy atom. The lowest BCUT2D eigenvalue weighted by atomic mass is 9.90. The zero-order valence-corrected chi connectivity index (χ0v) is 18.6. The van der Waals surface area contributed by atoms with Crippen LogP contribution < -0.4 is 5.32 Å². The Balaban J connectivity index is 1.65. The van der Waals surface area contributed by atoms with Crippen LogP contribution in [0.4, 0.5) is 8.78 Å². The van der Waals surface area contributed by atoms with Gasteiger partial charge in [0.15, 0.2) is 0 Å². The summed E-state index contributed by atoms with van der Waals surface area (Å²) in [5.41, 5.74) is 1.59. The van der Waals surface area contributed by atoms with Gasteiger partial charge in [0.05, 0.1) is 22.5 Å². The van der Waals surface area contributed by atoms with Crippen LogP contribution >= 0.6 is 0 Å². The van der Waals surface area contributed by atoms with Crippen molar-refractivity contribution in [3.8, 4) is 22.5 Å². The number of benzene rings is 2. The number of pyridine rings is 1. The molecule has 0 bridgehead atoms. The molecule has 34 heavy (non-hydrogen) atoms. The Bertz CT molecular complexity index is 1280. The Labute approximate surface area is 195 Å². The van der Waals surface area contributed by atoms with Crippen molar-refractivity contribution in [2.75, 3.05) is 6.61 Å². The fourth-order valence-corrected chi connectivity index (χ4v) is 3.89. The van der Waals surface area contributed by atoms with Crippen LogP contribution in [0.1, 0.15) is 29.4 Å². The van der Waals surface area contributed by atoms with Crippen LogP contribution in [0.2, 0.25) is 0 Å². The fraction of sp³-hybridized carbons (Fsp3) is 0.192. The number of aromatic nitrogens is 3. The first-order chi connectivity index (χ1) is 16.4. The molecule has 2 heterocycles. The molecule has 3 N–H and O–H groups in total. The number of H-pyrrole nitrogens is 1. The molecule has 4 rings (SSSR count). The third kappa shape index (κ3) is 5.18. The summed E-state index contributed by atoms with van der Waals surface area (Å²) in [5.74, 6) is -1.46. The SMILES string of the molecule is C[C@@](CCO)(Cc1ccccn1)NC(=O)c1cccc(F)c1-c1cc(-c2ccc(F)cc2)[nH]n1. The summed E-state index contributed by atoms with van der Waals surface area (Å²) in [4.78, 5) is 17.6. The standard InChI is InChI=1S/C26H24F2N4O2/c1-26(12-14-33,16-19-5-2-3-13-29-19)30-25(34)20-6-4-7-21(28)24(20)23-15-22(31-32-23)17-8-10-18(27)11-9-17/h2-11,13,15,33H,12,14,16H2,1H3,(H,30,34)(H,31,32)/t26-/m1/s1. The van der Waals surface area contributed by atoms with E-state index >= 15 is 0 Å². The molecule has 0 aliphatic carbocycles. The van der Waals surface area contributed by atoms with E-state index in [1.807, 2.05) is 19.1 Å². The van der Waals surface area contributed by atoms with Crippen molar-refractivity contribution >= 4 is 5.91 Å². The van der Waals surface area contributed by atoms with Gasteiger partial charge >= 0.3 is 0 Å². The molecule has 1 amide bonds. The Kier molecular flexibility index (Phi) is 6.79. The number of amides is 1. The highest BCUT2D eigenvalue weighted by Crippen LogP contribution is 2.29. The minimum atomic E-state index is -0.811. The molecular weight excluding hydrogens is 438 g/mol. The van der Waals surface area contributed by atoms with Crippen molar-refractivity contribution in [2.24, 2.45) is 0 Å². The van der Waals surface area contributed by atoms with Gasteiger partial charge in [-0.25, -0.2) is 8.78 Å². The first-order valence-corrected chi connectivity index (χ1v) is 10.8. The third-order valence-electron chi connectivity index (χ3n) is 5.62. The van der Waals surface area contributed by atoms with Gasteiger partial charge in [-0.2, -0.15) is 5.10 Å². The van der Waals surface area contributed by atoms with Crippen LogP contribution in [0.15, 0.2) is 72.9 Å². The van der Waals surface area contributed by atoms with Gasteiger partial charge in [-0.15, -0.1) is 0 Å². The van der Waals surface area contributed by atoms with Crippen molar-refractivity contribution in [2.45, 2.75) is 25.3 Å². The Morgan fingerprint density at radius 1 is 1.09 bits per heavy atom. The lowest BCUT2D eigenvalue weighted by Crippen LogP contribution is -2.48. The lowest BCUT2D eigenvalue weighted by Gasteiger charge is -2.30. The molecule has 0 unspecified atom stereocenters. The van der Waals surface area contributed by atoms with E-state index in [4.69, 9.17) is 0 Å². The Morgan fingerprint density at radius 2 is 1.88 bits per heavy atom. The molecule has 0 aliphatic heterocycles. The van der Waals surface area contributed by atoms with Crippen LogP contribution in [0, 0.1) is 11.6 Å². The minimum absolute atomic E-state index is 0.0498. The summed E-state index contributed by atoms with van der Waals surface area (Å²) in [6, 6.07) is 17.2. The average Bonchev–Trinajstić information content (AvgIpc) is 3.29. The topological polar surface area (TPSA) is 90.9 Å². The molecule has 0 radical (unpaired) electrons. The number of aliphatic hydroxyl groups is 1. The van der Waals surface area contributed by atoms with Crippen LogP contribution in [0.5, 0.6) is 0 Å². The van der Waals surface area contributed by atoms with Crippen molar-refractivity contribution in [1.29, 1.82) is 0 Å². The number of hydrogen-bond donors (Lipinski definition) is 3. The van der Waals surface area contributed by atoms with Gasteiger partial charge < -0.3 is 10.4 Å². The quantitative estimate of drug-likeness (QED) is 0.359. The van der Waals surface area contributed by atoms with Gasteiger partial charge in [0.2, 0.25) is 0 Å². The monoisotopic (exact) mass is 462 g/mol. The predicted octanol–water partition coefficient (Wildman–Crippen LogP) is 4.53. The van der Waals surface area contributed by atoms with Crippen molar-refractivity contribution in [1.82, 2.24) is 20.5 Å². The van der Waals surface area contributed by atoms with Crippen molar-refractivity contribution in [3.05, 3.63) is 95.8 Å². The van der Waals surface area contributed by atoms with Gasteiger partial charge in [-0.05, 0) is 73.5 Å². The molecule has 6 nitrogen and oxygen atoms in total. The van der Waals surface area contributed by atoms with Gasteiger partial charge in [0.1, 0.15) is 11.6 Å². The second-order valence-electron chi connectivity index (χ2n) is 8.32. The van der Waals surface area contributed by atoms with Crippen LogP contribution in [0.25, 0.3) is 22.5 Å². The molecule has 0 spiro atoms. The maximum atomic E-state index is 15.0. The molecule has 2 aromatic heterocycles. The van der Waals surface area contributed by atoms with Gasteiger partial charge in [0, 0.05) is 30.5 Å². The predicted molar refractivity (Wildman–Crippen MR) is 125 cm³/mol. The highest BCUT2D eigenvalue weighted by molar-refractivity contribution is 6.01. The Hall–Kier alpha value is -3.91. The average molecular weight is 463 g/mol. The first kappa shape index (κ1) is 23.3. The lowest BCUT2D eigenvalue weighted by molar-refractivity contribution is 0.0888. The molecular formula is C26H24F2N4O2. The molecule has 0 saturated heterocycles. The number of nitrogens with one attached hydrogen (secondary N) is 2. The van der Waals surface area contributed by atoms with E-state index in [0.29, 0.717) is 17.7 Å². The van der Waals surface area contributed by atoms with Crippen LogP contribution in [-0.4, -0.2) is 38.3 Å². The van der Waals surface area contributed by atoms with E-state index in [0.717, 1.165) is 5.69 Å². The zero-order chi connectivity index (χ0) is 24.1. The summed E-state index contributed by atoms with van der Waals surface area (Å²) in [7, 11) is 0. The largest absolute Gasteiger partial charge is 0.396 e. The summed E-state index contributed by atoms with van der Waals surface area (Å²) in [6.45, 7) is 1.68. The highest BCUT2D eigenvalue weighted by atomic mass is 19.1. The van der Waals surface area contributed by atoms with Gasteiger partial charge in [-0.1, -0.05) is 12.1 Å². The number of aromatic amines is 1. The zero-order valence-electron chi connectivity index (χ0n) is 18.6. The van der Waals surface area contributed by atoms with E-state index in [2.05, 4.69) is 20.5 Å². The van der Waals surface area contributed by atoms with Gasteiger partial charge in [-0.3, -0.25) is 14.9 Å². The molecule has 1 atom stereocenters. The highest BCUT2D eigenvalue weighted by Gasteiger charge is 2.29. The van der Waals surface area contributed by atoms with Crippen LogP contribution in [-0.2, 0) is 6.42 Å². The second kappa shape index (κ2) is 9.93. The third-order valence-corrected chi connectivity index (χ3v) is 5.62. The number of aliphatic hydroxyl groups excluding tert-OH is 1. The van der Waals surface area contributed by atoms with E-state index in [9.17, 15) is 18.7 Å². The smallest absolute Gasteiger partial charge is 0.252 e. The number of nitrogens with zero attached hydrogens (tertiary/aromatic N) is 2. The van der Waals surface area contributed by atoms with Crippen molar-refractivity contribution in [3.63, 3.8) is 0 Å². The van der Waals surface area contributed by atoms with E-state index in [1.54, 1.807) is 30.5 Å². The number of carbonyl (C=O) groups is 1. The van der Waals surface area contributed by atoms with Crippen LogP contribution in [0.3, 0.4) is 0 Å². The fourth-order valence-electron chi connectivity index (χ4n) is 3.89. The minimum Gasteiger partial charge on any atom is -0.396 e. The number of carbonyl (C=O) groups excluding carboxylic acids is 1. The number of hydrogen-bond acceptors (Lipinski definition) is 4. The molecule has 8 heteroatoms. The normalized spacial score (nSPS) is 12.8. The summed E-state index contributed by atoms with van der Waals surface area (Å²) in [5, 5.41) is 19.6. The molecule has 4 aromatic rings. The molecule has 2 aromatic carbocycles. The molecule has 0 aliphatic rings. The maximum absolute atomic E-state index is 15.0. The number of halogens is 2. The van der Waals surface area contributed by atoms with Crippen molar-refractivity contribution < 1.29 is 18.7 Å². The second-order valence-corrected chi connectivity index (χ2v) is 8.32. The summed E-state index contributed by atoms with van der Waals surface area (Å²) < 4.78 is 28.2. The molecule has 0 saturated carbocycles.